The lowest BCUT2D eigenvalue weighted by atomic mass is 10.2. The van der Waals surface area contributed by atoms with Crippen molar-refractivity contribution in [3.05, 3.63) is 62.6 Å². The van der Waals surface area contributed by atoms with Gasteiger partial charge >= 0.3 is 0 Å². The summed E-state index contributed by atoms with van der Waals surface area (Å²) in [7, 11) is 1.59. The second-order valence-corrected chi connectivity index (χ2v) is 5.00. The Morgan fingerprint density at radius 3 is 2.75 bits per heavy atom. The molecule has 0 aliphatic rings. The van der Waals surface area contributed by atoms with Crippen molar-refractivity contribution in [2.75, 3.05) is 12.4 Å². The molecule has 0 aliphatic heterocycles. The quantitative estimate of drug-likeness (QED) is 0.662. The number of nitro groups is 1. The van der Waals surface area contributed by atoms with Gasteiger partial charge in [0.05, 0.1) is 12.0 Å². The van der Waals surface area contributed by atoms with Gasteiger partial charge in [0, 0.05) is 22.6 Å². The third kappa shape index (κ3) is 3.27. The summed E-state index contributed by atoms with van der Waals surface area (Å²) >= 11 is 3.40. The molecule has 0 fully saturated rings. The van der Waals surface area contributed by atoms with Crippen LogP contribution in [-0.4, -0.2) is 12.0 Å². The van der Waals surface area contributed by atoms with Gasteiger partial charge in [0.2, 0.25) is 0 Å². The number of para-hydroxylation sites is 2. The molecule has 0 aromatic heterocycles. The molecule has 0 amide bonds. The number of anilines is 1. The molecule has 0 saturated heterocycles. The molecule has 0 aliphatic carbocycles. The van der Waals surface area contributed by atoms with Crippen molar-refractivity contribution in [3.8, 4) is 5.75 Å². The Balaban J connectivity index is 2.21. The molecule has 1 N–H and O–H groups in total. The van der Waals surface area contributed by atoms with Crippen molar-refractivity contribution in [2.45, 2.75) is 6.54 Å². The summed E-state index contributed by atoms with van der Waals surface area (Å²) in [5.74, 6) is 0.735. The number of halogens is 1. The predicted molar refractivity (Wildman–Crippen MR) is 81.1 cm³/mol. The van der Waals surface area contributed by atoms with Crippen molar-refractivity contribution in [3.63, 3.8) is 0 Å². The van der Waals surface area contributed by atoms with Crippen LogP contribution in [0.15, 0.2) is 46.9 Å². The summed E-state index contributed by atoms with van der Waals surface area (Å²) in [6, 6.07) is 12.2. The average Bonchev–Trinajstić information content (AvgIpc) is 2.45. The molecule has 0 radical (unpaired) electrons. The fraction of sp³-hybridized carbons (Fsp3) is 0.143. The van der Waals surface area contributed by atoms with Gasteiger partial charge in [-0.25, -0.2) is 0 Å². The van der Waals surface area contributed by atoms with Crippen molar-refractivity contribution < 1.29 is 9.66 Å². The average molecular weight is 337 g/mol. The highest BCUT2D eigenvalue weighted by molar-refractivity contribution is 9.10. The molecular weight excluding hydrogens is 324 g/mol. The van der Waals surface area contributed by atoms with Gasteiger partial charge in [-0.15, -0.1) is 0 Å². The van der Waals surface area contributed by atoms with Gasteiger partial charge in [0.1, 0.15) is 11.4 Å². The summed E-state index contributed by atoms with van der Waals surface area (Å²) < 4.78 is 6.20. The molecule has 0 spiro atoms. The molecule has 0 heterocycles. The van der Waals surface area contributed by atoms with E-state index in [4.69, 9.17) is 4.74 Å². The standard InChI is InChI=1S/C14H13BrN2O3/c1-20-14-7-6-11(15)8-10(14)9-16-12-4-2-3-5-13(12)17(18)19/h2-8,16H,9H2,1H3. The molecule has 0 atom stereocenters. The zero-order valence-electron chi connectivity index (χ0n) is 10.8. The monoisotopic (exact) mass is 336 g/mol. The minimum absolute atomic E-state index is 0.0569. The molecule has 0 saturated carbocycles. The molecule has 2 aromatic carbocycles. The van der Waals surface area contributed by atoms with Gasteiger partial charge in [-0.05, 0) is 24.3 Å². The van der Waals surface area contributed by atoms with Gasteiger partial charge in [-0.1, -0.05) is 28.1 Å². The largest absolute Gasteiger partial charge is 0.496 e. The van der Waals surface area contributed by atoms with Crippen LogP contribution in [0.1, 0.15) is 5.56 Å². The highest BCUT2D eigenvalue weighted by Crippen LogP contribution is 2.27. The highest BCUT2D eigenvalue weighted by atomic mass is 79.9. The van der Waals surface area contributed by atoms with E-state index in [0.717, 1.165) is 15.8 Å². The Morgan fingerprint density at radius 2 is 2.05 bits per heavy atom. The lowest BCUT2D eigenvalue weighted by Crippen LogP contribution is -2.04. The molecule has 20 heavy (non-hydrogen) atoms. The number of nitro benzene ring substituents is 1. The van der Waals surface area contributed by atoms with Crippen molar-refractivity contribution in [2.24, 2.45) is 0 Å². The predicted octanol–water partition coefficient (Wildman–Crippen LogP) is 3.98. The number of nitrogens with one attached hydrogen (secondary N) is 1. The minimum Gasteiger partial charge on any atom is -0.496 e. The first-order chi connectivity index (χ1) is 9.61. The maximum Gasteiger partial charge on any atom is 0.292 e. The molecule has 2 rings (SSSR count). The zero-order valence-corrected chi connectivity index (χ0v) is 12.4. The second kappa shape index (κ2) is 6.38. The van der Waals surface area contributed by atoms with Crippen LogP contribution in [0.25, 0.3) is 0 Å². The van der Waals surface area contributed by atoms with Gasteiger partial charge in [0.15, 0.2) is 0 Å². The first-order valence-electron chi connectivity index (χ1n) is 5.91. The lowest BCUT2D eigenvalue weighted by Gasteiger charge is -2.11. The molecule has 6 heteroatoms. The fourth-order valence-electron chi connectivity index (χ4n) is 1.86. The number of benzene rings is 2. The normalized spacial score (nSPS) is 10.1. The third-order valence-electron chi connectivity index (χ3n) is 2.81. The van der Waals surface area contributed by atoms with Crippen molar-refractivity contribution in [1.29, 1.82) is 0 Å². The Kier molecular flexibility index (Phi) is 4.57. The van der Waals surface area contributed by atoms with E-state index in [9.17, 15) is 10.1 Å². The summed E-state index contributed by atoms with van der Waals surface area (Å²) in [6.45, 7) is 0.438. The van der Waals surface area contributed by atoms with E-state index in [2.05, 4.69) is 21.2 Å². The van der Waals surface area contributed by atoms with E-state index in [1.54, 1.807) is 25.3 Å². The summed E-state index contributed by atoms with van der Waals surface area (Å²) in [5, 5.41) is 14.0. The van der Waals surface area contributed by atoms with E-state index in [0.29, 0.717) is 12.2 Å². The topological polar surface area (TPSA) is 64.4 Å². The van der Waals surface area contributed by atoms with Crippen LogP contribution in [0.4, 0.5) is 11.4 Å². The first kappa shape index (κ1) is 14.3. The molecule has 2 aromatic rings. The lowest BCUT2D eigenvalue weighted by molar-refractivity contribution is -0.384. The number of hydrogen-bond acceptors (Lipinski definition) is 4. The van der Waals surface area contributed by atoms with Crippen LogP contribution in [0.3, 0.4) is 0 Å². The van der Waals surface area contributed by atoms with Crippen LogP contribution < -0.4 is 10.1 Å². The Hall–Kier alpha value is -2.08. The summed E-state index contributed by atoms with van der Waals surface area (Å²) in [5.41, 5.74) is 1.46. The Bertz CT molecular complexity index is 632. The number of rotatable bonds is 5. The fourth-order valence-corrected chi connectivity index (χ4v) is 2.27. The molecule has 0 bridgehead atoms. The van der Waals surface area contributed by atoms with E-state index in [-0.39, 0.29) is 5.69 Å². The maximum absolute atomic E-state index is 10.9. The molecular formula is C14H13BrN2O3. The number of ether oxygens (including phenoxy) is 1. The highest BCUT2D eigenvalue weighted by Gasteiger charge is 2.12. The van der Waals surface area contributed by atoms with Crippen LogP contribution in [0.5, 0.6) is 5.75 Å². The van der Waals surface area contributed by atoms with Crippen LogP contribution in [-0.2, 0) is 6.54 Å². The Morgan fingerprint density at radius 1 is 1.30 bits per heavy atom. The SMILES string of the molecule is COc1ccc(Br)cc1CNc1ccccc1[N+](=O)[O-]. The Labute approximate surface area is 124 Å². The van der Waals surface area contributed by atoms with Gasteiger partial charge in [-0.2, -0.15) is 0 Å². The summed E-state index contributed by atoms with van der Waals surface area (Å²) in [6.07, 6.45) is 0. The summed E-state index contributed by atoms with van der Waals surface area (Å²) in [4.78, 5) is 10.5. The van der Waals surface area contributed by atoms with Gasteiger partial charge < -0.3 is 10.1 Å². The van der Waals surface area contributed by atoms with Gasteiger partial charge in [0.25, 0.3) is 5.69 Å². The molecule has 5 nitrogen and oxygen atoms in total. The van der Waals surface area contributed by atoms with E-state index >= 15 is 0 Å². The van der Waals surface area contributed by atoms with Crippen molar-refractivity contribution >= 4 is 27.3 Å². The van der Waals surface area contributed by atoms with E-state index < -0.39 is 4.92 Å². The molecule has 104 valence electrons. The maximum atomic E-state index is 10.9. The molecule has 0 unspecified atom stereocenters. The first-order valence-corrected chi connectivity index (χ1v) is 6.71. The van der Waals surface area contributed by atoms with Crippen molar-refractivity contribution in [1.82, 2.24) is 0 Å². The van der Waals surface area contributed by atoms with Gasteiger partial charge in [-0.3, -0.25) is 10.1 Å². The number of methoxy groups -OCH3 is 1. The van der Waals surface area contributed by atoms with E-state index in [1.807, 2.05) is 18.2 Å². The minimum atomic E-state index is -0.402. The van der Waals surface area contributed by atoms with Crippen LogP contribution >= 0.6 is 15.9 Å². The number of nitrogens with zero attached hydrogens (tertiary/aromatic N) is 1. The smallest absolute Gasteiger partial charge is 0.292 e. The third-order valence-corrected chi connectivity index (χ3v) is 3.31. The van der Waals surface area contributed by atoms with Crippen LogP contribution in [0, 0.1) is 10.1 Å². The second-order valence-electron chi connectivity index (χ2n) is 4.08. The van der Waals surface area contributed by atoms with Crippen LogP contribution in [0.2, 0.25) is 0 Å². The van der Waals surface area contributed by atoms with E-state index in [1.165, 1.54) is 6.07 Å². The zero-order chi connectivity index (χ0) is 14.5. The number of hydrogen-bond donors (Lipinski definition) is 1.